The van der Waals surface area contributed by atoms with Crippen molar-refractivity contribution in [1.29, 1.82) is 0 Å². The fourth-order valence-electron chi connectivity index (χ4n) is 2.47. The van der Waals surface area contributed by atoms with Crippen LogP contribution in [0.2, 0.25) is 0 Å². The Balaban J connectivity index is 1.89. The number of benzene rings is 2. The van der Waals surface area contributed by atoms with Gasteiger partial charge in [-0.2, -0.15) is 0 Å². The summed E-state index contributed by atoms with van der Waals surface area (Å²) in [6.45, 7) is 4.49. The molecule has 1 atom stereocenters. The molecule has 0 unspecified atom stereocenters. The Labute approximate surface area is 188 Å². The average molecular weight is 522 g/mol. The van der Waals surface area contributed by atoms with E-state index in [4.69, 9.17) is 14.6 Å². The van der Waals surface area contributed by atoms with Crippen LogP contribution in [0.5, 0.6) is 5.75 Å². The third kappa shape index (κ3) is 8.45. The van der Waals surface area contributed by atoms with Crippen molar-refractivity contribution >= 4 is 37.8 Å². The predicted octanol–water partition coefficient (Wildman–Crippen LogP) is 5.62. The lowest BCUT2D eigenvalue weighted by atomic mass is 10.1. The molecule has 2 rings (SSSR count). The Hall–Kier alpha value is -2.07. The summed E-state index contributed by atoms with van der Waals surface area (Å²) in [6, 6.07) is 13.2. The van der Waals surface area contributed by atoms with Gasteiger partial charge in [0.1, 0.15) is 12.4 Å². The molecule has 0 radical (unpaired) electrons. The largest absolute Gasteiger partial charge is 0.490 e. The molecule has 0 aliphatic rings. The van der Waals surface area contributed by atoms with E-state index in [9.17, 15) is 4.79 Å². The summed E-state index contributed by atoms with van der Waals surface area (Å²) in [4.78, 5) is 11.2. The number of carboxylic acids is 1. The summed E-state index contributed by atoms with van der Waals surface area (Å²) in [7, 11) is 0. The van der Waals surface area contributed by atoms with Crippen molar-refractivity contribution in [3.8, 4) is 17.6 Å². The van der Waals surface area contributed by atoms with E-state index in [-0.39, 0.29) is 0 Å². The van der Waals surface area contributed by atoms with Gasteiger partial charge in [-0.05, 0) is 61.4 Å². The number of hydrogen-bond acceptors (Lipinski definition) is 3. The minimum atomic E-state index is -0.955. The summed E-state index contributed by atoms with van der Waals surface area (Å²) < 4.78 is 12.9. The molecule has 152 valence electrons. The molecule has 1 N–H and O–H groups in total. The van der Waals surface area contributed by atoms with Crippen LogP contribution in [0, 0.1) is 11.8 Å². The highest BCUT2D eigenvalue weighted by Crippen LogP contribution is 2.19. The first kappa shape index (κ1) is 23.2. The minimum absolute atomic E-state index is 0.323. The Morgan fingerprint density at radius 3 is 2.41 bits per heavy atom. The van der Waals surface area contributed by atoms with E-state index < -0.39 is 12.1 Å². The number of aliphatic carboxylic acids is 1. The number of halogens is 2. The van der Waals surface area contributed by atoms with E-state index in [2.05, 4.69) is 43.7 Å². The number of carboxylic acid groups (broad SMARTS) is 1. The van der Waals surface area contributed by atoms with Gasteiger partial charge < -0.3 is 14.6 Å². The number of ether oxygens (including phenoxy) is 2. The van der Waals surface area contributed by atoms with E-state index in [1.807, 2.05) is 55.5 Å². The Morgan fingerprint density at radius 1 is 1.17 bits per heavy atom. The molecule has 0 aliphatic heterocycles. The number of carbonyl (C=O) groups is 1. The van der Waals surface area contributed by atoms with Crippen molar-refractivity contribution in [3.05, 3.63) is 74.2 Å². The Morgan fingerprint density at radius 2 is 1.83 bits per heavy atom. The molecule has 0 heterocycles. The average Bonchev–Trinajstić information content (AvgIpc) is 2.66. The first-order valence-electron chi connectivity index (χ1n) is 9.08. The van der Waals surface area contributed by atoms with Crippen LogP contribution in [-0.4, -0.2) is 30.4 Å². The van der Waals surface area contributed by atoms with E-state index in [1.54, 1.807) is 6.92 Å². The molecule has 0 aliphatic carbocycles. The maximum absolute atomic E-state index is 11.2. The summed E-state index contributed by atoms with van der Waals surface area (Å²) in [5.74, 6) is 6.00. The number of rotatable bonds is 8. The van der Waals surface area contributed by atoms with Gasteiger partial charge in [0, 0.05) is 27.5 Å². The van der Waals surface area contributed by atoms with Crippen LogP contribution in [-0.2, 0) is 16.0 Å². The van der Waals surface area contributed by atoms with Gasteiger partial charge >= 0.3 is 5.97 Å². The van der Waals surface area contributed by atoms with Gasteiger partial charge in [-0.25, -0.2) is 4.79 Å². The number of allylic oxidation sites excluding steroid dienone is 1. The van der Waals surface area contributed by atoms with Gasteiger partial charge in [-0.15, -0.1) is 0 Å². The van der Waals surface area contributed by atoms with E-state index in [0.717, 1.165) is 25.6 Å². The molecule has 0 saturated carbocycles. The summed E-state index contributed by atoms with van der Waals surface area (Å²) in [5, 5.41) is 9.16. The van der Waals surface area contributed by atoms with Crippen LogP contribution in [0.25, 0.3) is 0 Å². The highest BCUT2D eigenvalue weighted by molar-refractivity contribution is 9.11. The van der Waals surface area contributed by atoms with Crippen LogP contribution in [0.15, 0.2) is 63.1 Å². The zero-order chi connectivity index (χ0) is 21.2. The van der Waals surface area contributed by atoms with Gasteiger partial charge in [0.05, 0.1) is 0 Å². The molecular formula is C23H22Br2O4. The van der Waals surface area contributed by atoms with Gasteiger partial charge in [-0.1, -0.05) is 55.8 Å². The zero-order valence-corrected chi connectivity index (χ0v) is 19.4. The molecule has 0 amide bonds. The Kier molecular flexibility index (Phi) is 9.46. The maximum atomic E-state index is 11.2. The van der Waals surface area contributed by atoms with Crippen LogP contribution in [0.1, 0.15) is 25.0 Å². The predicted molar refractivity (Wildman–Crippen MR) is 121 cm³/mol. The summed E-state index contributed by atoms with van der Waals surface area (Å²) in [5.41, 5.74) is 2.72. The normalized spacial score (nSPS) is 12.1. The molecule has 0 bridgehead atoms. The highest BCUT2D eigenvalue weighted by Gasteiger charge is 2.17. The summed E-state index contributed by atoms with van der Waals surface area (Å²) in [6.07, 6.45) is 1.41. The van der Waals surface area contributed by atoms with Crippen LogP contribution >= 0.6 is 31.9 Å². The smallest absolute Gasteiger partial charge is 0.333 e. The molecule has 0 aromatic heterocycles. The third-order valence-corrected chi connectivity index (χ3v) is 4.81. The molecule has 0 fully saturated rings. The SMILES string of the molecule is CCO[C@@H](Cc1ccc(OC/C=C(/C)C#Cc2cc(Br)cc(Br)c2)cc1)C(=O)O. The minimum Gasteiger partial charge on any atom is -0.490 e. The second kappa shape index (κ2) is 11.8. The second-order valence-electron chi connectivity index (χ2n) is 6.24. The molecule has 0 spiro atoms. The molecule has 29 heavy (non-hydrogen) atoms. The molecule has 2 aromatic carbocycles. The molecule has 0 saturated heterocycles. The third-order valence-electron chi connectivity index (χ3n) is 3.89. The zero-order valence-electron chi connectivity index (χ0n) is 16.2. The van der Waals surface area contributed by atoms with Crippen molar-refractivity contribution < 1.29 is 19.4 Å². The second-order valence-corrected chi connectivity index (χ2v) is 8.07. The Bertz CT molecular complexity index is 904. The lowest BCUT2D eigenvalue weighted by molar-refractivity contribution is -0.149. The van der Waals surface area contributed by atoms with Crippen molar-refractivity contribution in [2.75, 3.05) is 13.2 Å². The molecule has 2 aromatic rings. The van der Waals surface area contributed by atoms with E-state index in [1.165, 1.54) is 0 Å². The lowest BCUT2D eigenvalue weighted by Gasteiger charge is -2.12. The quantitative estimate of drug-likeness (QED) is 0.458. The van der Waals surface area contributed by atoms with Crippen molar-refractivity contribution in [1.82, 2.24) is 0 Å². The van der Waals surface area contributed by atoms with Gasteiger partial charge in [-0.3, -0.25) is 0 Å². The van der Waals surface area contributed by atoms with E-state index >= 15 is 0 Å². The van der Waals surface area contributed by atoms with Crippen LogP contribution in [0.4, 0.5) is 0 Å². The first-order chi connectivity index (χ1) is 13.9. The fourth-order valence-corrected chi connectivity index (χ4v) is 3.76. The van der Waals surface area contributed by atoms with Crippen molar-refractivity contribution in [2.45, 2.75) is 26.4 Å². The number of hydrogen-bond donors (Lipinski definition) is 1. The molecular weight excluding hydrogens is 500 g/mol. The lowest BCUT2D eigenvalue weighted by Crippen LogP contribution is -2.26. The van der Waals surface area contributed by atoms with Gasteiger partial charge in [0.25, 0.3) is 0 Å². The van der Waals surface area contributed by atoms with Gasteiger partial charge in [0.15, 0.2) is 6.10 Å². The maximum Gasteiger partial charge on any atom is 0.333 e. The topological polar surface area (TPSA) is 55.8 Å². The van der Waals surface area contributed by atoms with Crippen LogP contribution in [0.3, 0.4) is 0 Å². The first-order valence-corrected chi connectivity index (χ1v) is 10.7. The molecule has 6 heteroatoms. The fraction of sp³-hybridized carbons (Fsp3) is 0.261. The van der Waals surface area contributed by atoms with E-state index in [0.29, 0.717) is 25.4 Å². The highest BCUT2D eigenvalue weighted by atomic mass is 79.9. The monoisotopic (exact) mass is 520 g/mol. The van der Waals surface area contributed by atoms with Crippen LogP contribution < -0.4 is 4.74 Å². The summed E-state index contributed by atoms with van der Waals surface area (Å²) >= 11 is 6.90. The van der Waals surface area contributed by atoms with Gasteiger partial charge in [0.2, 0.25) is 0 Å². The van der Waals surface area contributed by atoms with Crippen molar-refractivity contribution in [3.63, 3.8) is 0 Å². The standard InChI is InChI=1S/C23H22Br2O4/c1-3-28-22(23(26)27)14-17-6-8-21(9-7-17)29-11-10-16(2)4-5-18-12-19(24)15-20(25)13-18/h6-10,12-13,15,22H,3,11,14H2,1-2H3,(H,26,27)/b16-10-/t22-/m0/s1. The van der Waals surface area contributed by atoms with Crippen molar-refractivity contribution in [2.24, 2.45) is 0 Å². The molecule has 4 nitrogen and oxygen atoms in total.